The van der Waals surface area contributed by atoms with Crippen LogP contribution in [0.15, 0.2) is 24.3 Å². The Hall–Kier alpha value is -1.11. The zero-order valence-corrected chi connectivity index (χ0v) is 14.9. The number of benzene rings is 1. The van der Waals surface area contributed by atoms with Crippen molar-refractivity contribution < 1.29 is 13.2 Å². The average Bonchev–Trinajstić information content (AvgIpc) is 2.53. The summed E-state index contributed by atoms with van der Waals surface area (Å²) in [6, 6.07) is 7.25. The number of piperazine rings is 1. The first-order valence-corrected chi connectivity index (χ1v) is 9.91. The van der Waals surface area contributed by atoms with Crippen molar-refractivity contribution in [3.63, 3.8) is 0 Å². The van der Waals surface area contributed by atoms with Crippen LogP contribution in [-0.2, 0) is 21.2 Å². The van der Waals surface area contributed by atoms with Gasteiger partial charge in [-0.2, -0.15) is 4.31 Å². The quantitative estimate of drug-likeness (QED) is 0.783. The van der Waals surface area contributed by atoms with E-state index in [9.17, 15) is 13.2 Å². The van der Waals surface area contributed by atoms with E-state index in [-0.39, 0.29) is 11.7 Å². The molecule has 0 radical (unpaired) electrons. The van der Waals surface area contributed by atoms with Crippen LogP contribution in [0.25, 0.3) is 0 Å². The van der Waals surface area contributed by atoms with E-state index in [4.69, 9.17) is 11.6 Å². The van der Waals surface area contributed by atoms with Crippen molar-refractivity contribution in [1.82, 2.24) is 9.21 Å². The first-order valence-electron chi connectivity index (χ1n) is 7.92. The van der Waals surface area contributed by atoms with Crippen LogP contribution in [0.5, 0.6) is 0 Å². The fourth-order valence-corrected chi connectivity index (χ4v) is 4.45. The molecule has 0 bridgehead atoms. The van der Waals surface area contributed by atoms with Crippen LogP contribution >= 0.6 is 11.6 Å². The minimum absolute atomic E-state index is 0.0119. The molecule has 0 spiro atoms. The normalized spacial score (nSPS) is 16.5. The molecule has 128 valence electrons. The van der Waals surface area contributed by atoms with Gasteiger partial charge in [0.1, 0.15) is 0 Å². The van der Waals surface area contributed by atoms with Crippen molar-refractivity contribution >= 4 is 27.5 Å². The van der Waals surface area contributed by atoms with Gasteiger partial charge in [0.15, 0.2) is 0 Å². The molecule has 0 unspecified atom stereocenters. The number of hydrogen-bond donors (Lipinski definition) is 0. The van der Waals surface area contributed by atoms with Gasteiger partial charge in [-0.15, -0.1) is 0 Å². The third-order valence-electron chi connectivity index (χ3n) is 3.98. The summed E-state index contributed by atoms with van der Waals surface area (Å²) in [4.78, 5) is 14.1. The van der Waals surface area contributed by atoms with Crippen molar-refractivity contribution in [2.45, 2.75) is 26.2 Å². The monoisotopic (exact) mass is 358 g/mol. The second kappa shape index (κ2) is 8.13. The molecule has 1 saturated heterocycles. The van der Waals surface area contributed by atoms with Gasteiger partial charge in [0.2, 0.25) is 15.9 Å². The number of carbonyl (C=O) groups is 1. The van der Waals surface area contributed by atoms with Gasteiger partial charge in [0.05, 0.1) is 12.2 Å². The first kappa shape index (κ1) is 18.2. The molecular weight excluding hydrogens is 336 g/mol. The minimum Gasteiger partial charge on any atom is -0.340 e. The molecule has 1 aliphatic rings. The second-order valence-corrected chi connectivity index (χ2v) is 8.28. The Bertz CT molecular complexity index is 640. The van der Waals surface area contributed by atoms with Crippen molar-refractivity contribution in [2.75, 3.05) is 31.9 Å². The Morgan fingerprint density at radius 2 is 1.91 bits per heavy atom. The van der Waals surface area contributed by atoms with Crippen molar-refractivity contribution in [3.8, 4) is 0 Å². The van der Waals surface area contributed by atoms with Gasteiger partial charge in [0.25, 0.3) is 0 Å². The number of hydrogen-bond acceptors (Lipinski definition) is 3. The number of sulfonamides is 1. The third kappa shape index (κ3) is 5.19. The molecule has 1 aromatic rings. The van der Waals surface area contributed by atoms with E-state index >= 15 is 0 Å². The minimum atomic E-state index is -3.18. The highest BCUT2D eigenvalue weighted by Gasteiger charge is 2.28. The topological polar surface area (TPSA) is 57.7 Å². The van der Waals surface area contributed by atoms with E-state index in [2.05, 4.69) is 0 Å². The molecule has 23 heavy (non-hydrogen) atoms. The lowest BCUT2D eigenvalue weighted by Crippen LogP contribution is -2.51. The second-order valence-electron chi connectivity index (χ2n) is 5.76. The molecule has 7 heteroatoms. The van der Waals surface area contributed by atoms with Crippen LogP contribution in [-0.4, -0.2) is 55.5 Å². The van der Waals surface area contributed by atoms with E-state index in [1.165, 1.54) is 4.31 Å². The standard InChI is InChI=1S/C16H23ClN2O3S/c1-2-3-11-23(21,22)19-9-7-18(8-10-19)16(20)13-14-5-4-6-15(17)12-14/h4-6,12H,2-3,7-11,13H2,1H3. The summed E-state index contributed by atoms with van der Waals surface area (Å²) in [7, 11) is -3.18. The molecule has 0 N–H and O–H groups in total. The van der Waals surface area contributed by atoms with Crippen LogP contribution in [0.1, 0.15) is 25.3 Å². The molecule has 0 saturated carbocycles. The summed E-state index contributed by atoms with van der Waals surface area (Å²) in [5, 5.41) is 0.613. The van der Waals surface area contributed by atoms with Crippen molar-refractivity contribution in [3.05, 3.63) is 34.9 Å². The summed E-state index contributed by atoms with van der Waals surface area (Å²) in [5.74, 6) is 0.206. The number of nitrogens with zero attached hydrogens (tertiary/aromatic N) is 2. The molecule has 1 aliphatic heterocycles. The Labute approximate surface area is 143 Å². The lowest BCUT2D eigenvalue weighted by atomic mass is 10.1. The molecule has 0 atom stereocenters. The number of unbranched alkanes of at least 4 members (excludes halogenated alkanes) is 1. The van der Waals surface area contributed by atoms with Crippen LogP contribution < -0.4 is 0 Å². The SMILES string of the molecule is CCCCS(=O)(=O)N1CCN(C(=O)Cc2cccc(Cl)c2)CC1. The van der Waals surface area contributed by atoms with Crippen molar-refractivity contribution in [1.29, 1.82) is 0 Å². The molecule has 2 rings (SSSR count). The smallest absolute Gasteiger partial charge is 0.227 e. The highest BCUT2D eigenvalue weighted by Crippen LogP contribution is 2.14. The van der Waals surface area contributed by atoms with Gasteiger partial charge in [-0.3, -0.25) is 4.79 Å². The Morgan fingerprint density at radius 3 is 2.52 bits per heavy atom. The largest absolute Gasteiger partial charge is 0.340 e. The lowest BCUT2D eigenvalue weighted by Gasteiger charge is -2.34. The van der Waals surface area contributed by atoms with E-state index < -0.39 is 10.0 Å². The molecule has 0 aromatic heterocycles. The first-order chi connectivity index (χ1) is 10.9. The molecule has 1 amide bonds. The lowest BCUT2D eigenvalue weighted by molar-refractivity contribution is -0.131. The Kier molecular flexibility index (Phi) is 6.44. The predicted molar refractivity (Wildman–Crippen MR) is 92.0 cm³/mol. The molecular formula is C16H23ClN2O3S. The molecule has 0 aliphatic carbocycles. The van der Waals surface area contributed by atoms with Gasteiger partial charge in [-0.05, 0) is 24.1 Å². The number of amides is 1. The van der Waals surface area contributed by atoms with Crippen LogP contribution in [0.3, 0.4) is 0 Å². The number of carbonyl (C=O) groups excluding carboxylic acids is 1. The summed E-state index contributed by atoms with van der Waals surface area (Å²) in [6.07, 6.45) is 1.83. The average molecular weight is 359 g/mol. The molecule has 1 aromatic carbocycles. The van der Waals surface area contributed by atoms with E-state index in [0.29, 0.717) is 44.0 Å². The van der Waals surface area contributed by atoms with Crippen LogP contribution in [0.2, 0.25) is 5.02 Å². The van der Waals surface area contributed by atoms with Gasteiger partial charge < -0.3 is 4.90 Å². The fraction of sp³-hybridized carbons (Fsp3) is 0.562. The number of halogens is 1. The fourth-order valence-electron chi connectivity index (χ4n) is 2.60. The zero-order valence-electron chi connectivity index (χ0n) is 13.4. The Balaban J connectivity index is 1.87. The van der Waals surface area contributed by atoms with Gasteiger partial charge in [-0.25, -0.2) is 8.42 Å². The number of rotatable bonds is 6. The van der Waals surface area contributed by atoms with Crippen LogP contribution in [0.4, 0.5) is 0 Å². The maximum absolute atomic E-state index is 12.3. The maximum Gasteiger partial charge on any atom is 0.227 e. The van der Waals surface area contributed by atoms with E-state index in [1.807, 2.05) is 19.1 Å². The van der Waals surface area contributed by atoms with Gasteiger partial charge >= 0.3 is 0 Å². The predicted octanol–water partition coefficient (Wildman–Crippen LogP) is 2.16. The summed E-state index contributed by atoms with van der Waals surface area (Å²) in [5.41, 5.74) is 0.875. The van der Waals surface area contributed by atoms with E-state index in [0.717, 1.165) is 12.0 Å². The molecule has 1 heterocycles. The summed E-state index contributed by atoms with van der Waals surface area (Å²) in [6.45, 7) is 3.64. The third-order valence-corrected chi connectivity index (χ3v) is 6.18. The maximum atomic E-state index is 12.3. The van der Waals surface area contributed by atoms with Gasteiger partial charge in [-0.1, -0.05) is 37.1 Å². The van der Waals surface area contributed by atoms with E-state index in [1.54, 1.807) is 17.0 Å². The van der Waals surface area contributed by atoms with Crippen molar-refractivity contribution in [2.24, 2.45) is 0 Å². The summed E-state index contributed by atoms with van der Waals surface area (Å²) >= 11 is 5.93. The Morgan fingerprint density at radius 1 is 1.22 bits per heavy atom. The highest BCUT2D eigenvalue weighted by atomic mass is 35.5. The van der Waals surface area contributed by atoms with Gasteiger partial charge in [0, 0.05) is 31.2 Å². The summed E-state index contributed by atoms with van der Waals surface area (Å²) < 4.78 is 25.8. The van der Waals surface area contributed by atoms with Crippen LogP contribution in [0, 0.1) is 0 Å². The molecule has 1 fully saturated rings. The molecule has 5 nitrogen and oxygen atoms in total. The highest BCUT2D eigenvalue weighted by molar-refractivity contribution is 7.89. The zero-order chi connectivity index (χ0) is 16.9.